The van der Waals surface area contributed by atoms with Gasteiger partial charge in [0.15, 0.2) is 0 Å². The first kappa shape index (κ1) is 19.6. The quantitative estimate of drug-likeness (QED) is 0.728. The number of hydrogen-bond donors (Lipinski definition) is 1. The first-order chi connectivity index (χ1) is 11.9. The molecule has 3 nitrogen and oxygen atoms in total. The number of rotatable bonds is 7. The molecule has 0 radical (unpaired) electrons. The average Bonchev–Trinajstić information content (AvgIpc) is 2.58. The molecule has 2 rings (SSSR count). The van der Waals surface area contributed by atoms with Gasteiger partial charge in [-0.25, -0.2) is 0 Å². The molecule has 0 fully saturated rings. The van der Waals surface area contributed by atoms with Crippen LogP contribution < -0.4 is 14.8 Å². The van der Waals surface area contributed by atoms with Crippen LogP contribution in [0.1, 0.15) is 44.2 Å². The predicted molar refractivity (Wildman–Crippen MR) is 105 cm³/mol. The fraction of sp³-hybridized carbons (Fsp3) is 0.429. The Morgan fingerprint density at radius 2 is 1.60 bits per heavy atom. The maximum atomic E-state index is 6.28. The molecule has 2 aromatic carbocycles. The zero-order chi connectivity index (χ0) is 18.4. The molecule has 2 aromatic rings. The fourth-order valence-corrected chi connectivity index (χ4v) is 3.18. The van der Waals surface area contributed by atoms with Crippen molar-refractivity contribution in [1.29, 1.82) is 0 Å². The molecular weight excluding hydrogens is 334 g/mol. The monoisotopic (exact) mass is 361 g/mol. The summed E-state index contributed by atoms with van der Waals surface area (Å²) in [5.74, 6) is 1.85. The van der Waals surface area contributed by atoms with Gasteiger partial charge in [-0.2, -0.15) is 0 Å². The normalized spacial score (nSPS) is 12.7. The molecule has 1 atom stereocenters. The molecule has 0 aliphatic carbocycles. The van der Waals surface area contributed by atoms with E-state index in [4.69, 9.17) is 21.1 Å². The lowest BCUT2D eigenvalue weighted by molar-refractivity contribution is 0.389. The Labute approximate surface area is 156 Å². The maximum Gasteiger partial charge on any atom is 0.122 e. The minimum Gasteiger partial charge on any atom is -0.496 e. The highest BCUT2D eigenvalue weighted by molar-refractivity contribution is 6.30. The molecule has 0 aromatic heterocycles. The number of methoxy groups -OCH3 is 2. The van der Waals surface area contributed by atoms with Crippen molar-refractivity contribution >= 4 is 11.6 Å². The number of ether oxygens (including phenoxy) is 2. The largest absolute Gasteiger partial charge is 0.496 e. The van der Waals surface area contributed by atoms with Crippen molar-refractivity contribution in [3.8, 4) is 11.5 Å². The standard InChI is InChI=1S/C21H28ClNO2/c1-21(2,3)23-13-12-16(17-8-6-7-9-19(17)24-4)18-14-15(22)10-11-20(18)25-5/h6-11,14,16,23H,12-13H2,1-5H3. The molecule has 4 heteroatoms. The highest BCUT2D eigenvalue weighted by Gasteiger charge is 2.22. The molecule has 0 bridgehead atoms. The average molecular weight is 362 g/mol. The van der Waals surface area contributed by atoms with E-state index in [0.29, 0.717) is 5.02 Å². The van der Waals surface area contributed by atoms with E-state index in [9.17, 15) is 0 Å². The molecule has 1 N–H and O–H groups in total. The molecule has 0 amide bonds. The fourth-order valence-electron chi connectivity index (χ4n) is 3.00. The van der Waals surface area contributed by atoms with Gasteiger partial charge in [0.05, 0.1) is 14.2 Å². The summed E-state index contributed by atoms with van der Waals surface area (Å²) in [4.78, 5) is 0. The predicted octanol–water partition coefficient (Wildman–Crippen LogP) is 5.27. The number of benzene rings is 2. The first-order valence-electron chi connectivity index (χ1n) is 8.57. The highest BCUT2D eigenvalue weighted by atomic mass is 35.5. The van der Waals surface area contributed by atoms with Crippen LogP contribution in [0.5, 0.6) is 11.5 Å². The summed E-state index contributed by atoms with van der Waals surface area (Å²) in [6, 6.07) is 13.9. The summed E-state index contributed by atoms with van der Waals surface area (Å²) < 4.78 is 11.2. The van der Waals surface area contributed by atoms with Crippen LogP contribution in [-0.2, 0) is 0 Å². The van der Waals surface area contributed by atoms with E-state index in [0.717, 1.165) is 35.6 Å². The van der Waals surface area contributed by atoms with E-state index < -0.39 is 0 Å². The topological polar surface area (TPSA) is 30.5 Å². The molecule has 25 heavy (non-hydrogen) atoms. The molecule has 0 aliphatic rings. The van der Waals surface area contributed by atoms with Crippen LogP contribution in [0, 0.1) is 0 Å². The summed E-state index contributed by atoms with van der Waals surface area (Å²) in [6.45, 7) is 7.39. The van der Waals surface area contributed by atoms with Crippen LogP contribution in [0.25, 0.3) is 0 Å². The lowest BCUT2D eigenvalue weighted by Gasteiger charge is -2.26. The second-order valence-electron chi connectivity index (χ2n) is 7.15. The van der Waals surface area contributed by atoms with Crippen LogP contribution in [-0.4, -0.2) is 26.3 Å². The minimum absolute atomic E-state index is 0.0732. The Bertz CT molecular complexity index is 695. The molecule has 0 aliphatic heterocycles. The van der Waals surface area contributed by atoms with Gasteiger partial charge in [0.1, 0.15) is 11.5 Å². The summed E-state index contributed by atoms with van der Waals surface area (Å²) in [5.41, 5.74) is 2.29. The van der Waals surface area contributed by atoms with Crippen LogP contribution in [0.2, 0.25) is 5.02 Å². The Balaban J connectivity index is 2.44. The van der Waals surface area contributed by atoms with Gasteiger partial charge in [0, 0.05) is 27.6 Å². The SMILES string of the molecule is COc1ccccc1C(CCNC(C)(C)C)c1cc(Cl)ccc1OC. The van der Waals surface area contributed by atoms with Crippen LogP contribution >= 0.6 is 11.6 Å². The summed E-state index contributed by atoms with van der Waals surface area (Å²) in [6.07, 6.45) is 0.911. The smallest absolute Gasteiger partial charge is 0.122 e. The Morgan fingerprint density at radius 3 is 2.24 bits per heavy atom. The molecule has 0 spiro atoms. The molecule has 0 heterocycles. The van der Waals surface area contributed by atoms with Crippen LogP contribution in [0.4, 0.5) is 0 Å². The number of nitrogens with one attached hydrogen (secondary N) is 1. The van der Waals surface area contributed by atoms with Gasteiger partial charge < -0.3 is 14.8 Å². The second kappa shape index (κ2) is 8.59. The third-order valence-electron chi connectivity index (χ3n) is 4.17. The van der Waals surface area contributed by atoms with Gasteiger partial charge in [-0.1, -0.05) is 29.8 Å². The van der Waals surface area contributed by atoms with Crippen molar-refractivity contribution in [2.24, 2.45) is 0 Å². The van der Waals surface area contributed by atoms with Crippen molar-refractivity contribution in [2.45, 2.75) is 38.6 Å². The van der Waals surface area contributed by atoms with Gasteiger partial charge in [-0.3, -0.25) is 0 Å². The molecule has 0 saturated heterocycles. The summed E-state index contributed by atoms with van der Waals surface area (Å²) in [7, 11) is 3.40. The zero-order valence-electron chi connectivity index (χ0n) is 15.7. The van der Waals surface area contributed by atoms with Gasteiger partial charge in [0.2, 0.25) is 0 Å². The van der Waals surface area contributed by atoms with Crippen LogP contribution in [0.3, 0.4) is 0 Å². The third-order valence-corrected chi connectivity index (χ3v) is 4.40. The lowest BCUT2D eigenvalue weighted by Crippen LogP contribution is -2.37. The highest BCUT2D eigenvalue weighted by Crippen LogP contribution is 2.39. The van der Waals surface area contributed by atoms with E-state index >= 15 is 0 Å². The van der Waals surface area contributed by atoms with Crippen molar-refractivity contribution in [3.63, 3.8) is 0 Å². The summed E-state index contributed by atoms with van der Waals surface area (Å²) in [5, 5.41) is 4.27. The van der Waals surface area contributed by atoms with E-state index in [-0.39, 0.29) is 11.5 Å². The van der Waals surface area contributed by atoms with Gasteiger partial charge in [-0.05, 0) is 58.0 Å². The molecule has 1 unspecified atom stereocenters. The Hall–Kier alpha value is -1.71. The number of para-hydroxylation sites is 1. The Kier molecular flexibility index (Phi) is 6.74. The van der Waals surface area contributed by atoms with Crippen LogP contribution in [0.15, 0.2) is 42.5 Å². The van der Waals surface area contributed by atoms with E-state index in [1.165, 1.54) is 0 Å². The van der Waals surface area contributed by atoms with Crippen molar-refractivity contribution in [2.75, 3.05) is 20.8 Å². The van der Waals surface area contributed by atoms with Gasteiger partial charge >= 0.3 is 0 Å². The summed E-state index contributed by atoms with van der Waals surface area (Å²) >= 11 is 6.28. The van der Waals surface area contributed by atoms with E-state index in [2.05, 4.69) is 32.2 Å². The number of halogens is 1. The third kappa shape index (κ3) is 5.38. The molecule has 136 valence electrons. The second-order valence-corrected chi connectivity index (χ2v) is 7.58. The van der Waals surface area contributed by atoms with Gasteiger partial charge in [-0.15, -0.1) is 0 Å². The van der Waals surface area contributed by atoms with Crippen molar-refractivity contribution < 1.29 is 9.47 Å². The minimum atomic E-state index is 0.0732. The molecule has 0 saturated carbocycles. The molecular formula is C21H28ClNO2. The van der Waals surface area contributed by atoms with Crippen molar-refractivity contribution in [1.82, 2.24) is 5.32 Å². The van der Waals surface area contributed by atoms with Gasteiger partial charge in [0.25, 0.3) is 0 Å². The maximum absolute atomic E-state index is 6.28. The van der Waals surface area contributed by atoms with E-state index in [1.807, 2.05) is 36.4 Å². The Morgan fingerprint density at radius 1 is 0.960 bits per heavy atom. The van der Waals surface area contributed by atoms with E-state index in [1.54, 1.807) is 14.2 Å². The lowest BCUT2D eigenvalue weighted by atomic mass is 9.87. The first-order valence-corrected chi connectivity index (χ1v) is 8.95. The number of hydrogen-bond acceptors (Lipinski definition) is 3. The van der Waals surface area contributed by atoms with Crippen molar-refractivity contribution in [3.05, 3.63) is 58.6 Å². The zero-order valence-corrected chi connectivity index (χ0v) is 16.5.